The van der Waals surface area contributed by atoms with E-state index in [9.17, 15) is 19.7 Å². The van der Waals surface area contributed by atoms with Crippen molar-refractivity contribution in [2.75, 3.05) is 5.32 Å². The smallest absolute Gasteiger partial charge is 0.377 e. The summed E-state index contributed by atoms with van der Waals surface area (Å²) in [4.78, 5) is 35.9. The highest BCUT2D eigenvalue weighted by atomic mass is 16.6. The molecule has 106 valence electrons. The Morgan fingerprint density at radius 1 is 1.19 bits per heavy atom. The normalized spacial score (nSPS) is 9.90. The Kier molecular flexibility index (Phi) is 3.89. The number of nitrogens with one attached hydrogen (secondary N) is 1. The number of benzene rings is 1. The third kappa shape index (κ3) is 3.18. The SMILES string of the molecule is O=C(O)C(=O)c1ccc(Nc2ncccc2[N+](=O)[O-])cc1. The molecule has 0 unspecified atom stereocenters. The van der Waals surface area contributed by atoms with E-state index in [1.807, 2.05) is 0 Å². The molecule has 0 radical (unpaired) electrons. The lowest BCUT2D eigenvalue weighted by atomic mass is 10.1. The van der Waals surface area contributed by atoms with Crippen LogP contribution in [0.25, 0.3) is 0 Å². The number of carbonyl (C=O) groups is 2. The quantitative estimate of drug-likeness (QED) is 0.373. The molecule has 0 fully saturated rings. The third-order valence-corrected chi connectivity index (χ3v) is 2.59. The number of carbonyl (C=O) groups excluding carboxylic acids is 1. The number of hydrogen-bond donors (Lipinski definition) is 2. The van der Waals surface area contributed by atoms with Gasteiger partial charge in [0.15, 0.2) is 0 Å². The van der Waals surface area contributed by atoms with Crippen LogP contribution in [0.3, 0.4) is 0 Å². The van der Waals surface area contributed by atoms with Crippen LogP contribution in [0.2, 0.25) is 0 Å². The second kappa shape index (κ2) is 5.78. The lowest BCUT2D eigenvalue weighted by molar-refractivity contribution is -0.384. The molecule has 2 N–H and O–H groups in total. The van der Waals surface area contributed by atoms with Gasteiger partial charge in [0.2, 0.25) is 5.82 Å². The fourth-order valence-corrected chi connectivity index (χ4v) is 1.61. The first-order valence-electron chi connectivity index (χ1n) is 5.73. The summed E-state index contributed by atoms with van der Waals surface area (Å²) in [6.07, 6.45) is 1.40. The number of carboxylic acid groups (broad SMARTS) is 1. The fourth-order valence-electron chi connectivity index (χ4n) is 1.61. The zero-order valence-corrected chi connectivity index (χ0v) is 10.5. The largest absolute Gasteiger partial charge is 0.475 e. The van der Waals surface area contributed by atoms with E-state index < -0.39 is 16.7 Å². The molecule has 0 atom stereocenters. The zero-order valence-electron chi connectivity index (χ0n) is 10.5. The van der Waals surface area contributed by atoms with Crippen LogP contribution in [0.5, 0.6) is 0 Å². The van der Waals surface area contributed by atoms with Gasteiger partial charge in [-0.25, -0.2) is 9.78 Å². The number of aromatic nitrogens is 1. The molecule has 1 aromatic carbocycles. The van der Waals surface area contributed by atoms with Crippen molar-refractivity contribution >= 4 is 28.9 Å². The Morgan fingerprint density at radius 3 is 2.43 bits per heavy atom. The molecule has 21 heavy (non-hydrogen) atoms. The molecule has 1 heterocycles. The van der Waals surface area contributed by atoms with E-state index in [4.69, 9.17) is 5.11 Å². The lowest BCUT2D eigenvalue weighted by Gasteiger charge is -2.06. The molecular formula is C13H9N3O5. The predicted octanol–water partition coefficient (Wildman–Crippen LogP) is 2.00. The number of carboxylic acids is 1. The Balaban J connectivity index is 2.24. The van der Waals surface area contributed by atoms with Gasteiger partial charge in [0.25, 0.3) is 5.78 Å². The molecule has 2 aromatic rings. The molecule has 0 amide bonds. The number of pyridine rings is 1. The number of Topliss-reactive ketones (excluding diaryl/α,β-unsaturated/α-hetero) is 1. The summed E-state index contributed by atoms with van der Waals surface area (Å²) in [5, 5.41) is 22.2. The van der Waals surface area contributed by atoms with Crippen LogP contribution in [0.1, 0.15) is 10.4 Å². The molecule has 0 saturated heterocycles. The molecule has 8 nitrogen and oxygen atoms in total. The standard InChI is InChI=1S/C13H9N3O5/c17-11(13(18)19)8-3-5-9(6-4-8)15-12-10(16(20)21)2-1-7-14-12/h1-7H,(H,14,15)(H,18,19). The second-order valence-corrected chi connectivity index (χ2v) is 3.96. The Morgan fingerprint density at radius 2 is 1.86 bits per heavy atom. The number of aliphatic carboxylic acids is 1. The number of anilines is 2. The first-order chi connectivity index (χ1) is 9.99. The van der Waals surface area contributed by atoms with Crippen LogP contribution in [-0.2, 0) is 4.79 Å². The van der Waals surface area contributed by atoms with Crippen LogP contribution in [0, 0.1) is 10.1 Å². The van der Waals surface area contributed by atoms with Crippen molar-refractivity contribution in [1.29, 1.82) is 0 Å². The first kappa shape index (κ1) is 14.1. The molecule has 0 bridgehead atoms. The molecule has 2 rings (SSSR count). The third-order valence-electron chi connectivity index (χ3n) is 2.59. The summed E-state index contributed by atoms with van der Waals surface area (Å²) in [6, 6.07) is 8.25. The van der Waals surface area contributed by atoms with E-state index in [2.05, 4.69) is 10.3 Å². The van der Waals surface area contributed by atoms with E-state index in [1.165, 1.54) is 42.6 Å². The van der Waals surface area contributed by atoms with Crippen LogP contribution in [-0.4, -0.2) is 26.8 Å². The highest BCUT2D eigenvalue weighted by molar-refractivity contribution is 6.39. The van der Waals surface area contributed by atoms with E-state index in [0.717, 1.165) is 0 Å². The molecule has 0 aliphatic heterocycles. The lowest BCUT2D eigenvalue weighted by Crippen LogP contribution is -2.12. The van der Waals surface area contributed by atoms with Crippen molar-refractivity contribution in [1.82, 2.24) is 4.98 Å². The van der Waals surface area contributed by atoms with E-state index in [0.29, 0.717) is 5.69 Å². The summed E-state index contributed by atoms with van der Waals surface area (Å²) in [5.41, 5.74) is 0.269. The van der Waals surface area contributed by atoms with Gasteiger partial charge in [-0.05, 0) is 30.3 Å². The van der Waals surface area contributed by atoms with Gasteiger partial charge in [-0.1, -0.05) is 0 Å². The minimum absolute atomic E-state index is 0.0172. The van der Waals surface area contributed by atoms with Gasteiger partial charge in [0.1, 0.15) is 0 Å². The highest BCUT2D eigenvalue weighted by Gasteiger charge is 2.16. The number of nitrogens with zero attached hydrogens (tertiary/aromatic N) is 2. The van der Waals surface area contributed by atoms with Crippen molar-refractivity contribution in [3.8, 4) is 0 Å². The molecule has 0 aliphatic carbocycles. The number of rotatable bonds is 5. The second-order valence-electron chi connectivity index (χ2n) is 3.96. The number of ketones is 1. The number of hydrogen-bond acceptors (Lipinski definition) is 6. The van der Waals surface area contributed by atoms with Crippen LogP contribution >= 0.6 is 0 Å². The summed E-state index contributed by atoms with van der Waals surface area (Å²) in [6.45, 7) is 0. The van der Waals surface area contributed by atoms with Gasteiger partial charge in [-0.15, -0.1) is 0 Å². The summed E-state index contributed by atoms with van der Waals surface area (Å²) in [5.74, 6) is -2.51. The zero-order chi connectivity index (χ0) is 15.4. The fraction of sp³-hybridized carbons (Fsp3) is 0. The van der Waals surface area contributed by atoms with Crippen molar-refractivity contribution in [3.05, 3.63) is 58.3 Å². The van der Waals surface area contributed by atoms with Crippen LogP contribution in [0.4, 0.5) is 17.2 Å². The van der Waals surface area contributed by atoms with Crippen molar-refractivity contribution in [2.24, 2.45) is 0 Å². The Bertz CT molecular complexity index is 712. The van der Waals surface area contributed by atoms with Gasteiger partial charge in [0.05, 0.1) is 4.92 Å². The summed E-state index contributed by atoms with van der Waals surface area (Å²) in [7, 11) is 0. The van der Waals surface area contributed by atoms with Crippen molar-refractivity contribution < 1.29 is 19.6 Å². The highest BCUT2D eigenvalue weighted by Crippen LogP contribution is 2.24. The molecule has 0 saturated carbocycles. The van der Waals surface area contributed by atoms with Gasteiger partial charge >= 0.3 is 11.7 Å². The van der Waals surface area contributed by atoms with Crippen molar-refractivity contribution in [2.45, 2.75) is 0 Å². The number of nitro groups is 1. The average Bonchev–Trinajstić information content (AvgIpc) is 2.47. The molecule has 1 aromatic heterocycles. The first-order valence-corrected chi connectivity index (χ1v) is 5.73. The van der Waals surface area contributed by atoms with E-state index in [1.54, 1.807) is 0 Å². The van der Waals surface area contributed by atoms with Gasteiger partial charge in [-0.2, -0.15) is 0 Å². The van der Waals surface area contributed by atoms with E-state index >= 15 is 0 Å². The monoisotopic (exact) mass is 287 g/mol. The molecule has 0 spiro atoms. The molecular weight excluding hydrogens is 278 g/mol. The molecule has 8 heteroatoms. The summed E-state index contributed by atoms with van der Waals surface area (Å²) >= 11 is 0. The Hall–Kier alpha value is -3.29. The average molecular weight is 287 g/mol. The maximum Gasteiger partial charge on any atom is 0.377 e. The topological polar surface area (TPSA) is 122 Å². The van der Waals surface area contributed by atoms with Gasteiger partial charge in [-0.3, -0.25) is 14.9 Å². The van der Waals surface area contributed by atoms with E-state index in [-0.39, 0.29) is 17.1 Å². The molecule has 0 aliphatic rings. The maximum absolute atomic E-state index is 11.2. The Labute approximate surface area is 118 Å². The van der Waals surface area contributed by atoms with Crippen molar-refractivity contribution in [3.63, 3.8) is 0 Å². The van der Waals surface area contributed by atoms with Crippen LogP contribution in [0.15, 0.2) is 42.6 Å². The predicted molar refractivity (Wildman–Crippen MR) is 72.6 cm³/mol. The van der Waals surface area contributed by atoms with Gasteiger partial charge < -0.3 is 10.4 Å². The maximum atomic E-state index is 11.2. The van der Waals surface area contributed by atoms with Gasteiger partial charge in [0, 0.05) is 23.5 Å². The summed E-state index contributed by atoms with van der Waals surface area (Å²) < 4.78 is 0. The minimum Gasteiger partial charge on any atom is -0.475 e. The van der Waals surface area contributed by atoms with Crippen LogP contribution < -0.4 is 5.32 Å². The minimum atomic E-state index is -1.55.